The summed E-state index contributed by atoms with van der Waals surface area (Å²) in [6.07, 6.45) is 0. The smallest absolute Gasteiger partial charge is 0.261 e. The van der Waals surface area contributed by atoms with Crippen LogP contribution in [-0.4, -0.2) is 38.2 Å². The number of ether oxygens (including phenoxy) is 1. The average molecular weight is 402 g/mol. The highest BCUT2D eigenvalue weighted by Gasteiger charge is 2.15. The predicted octanol–water partition coefficient (Wildman–Crippen LogP) is 2.59. The molecule has 0 bridgehead atoms. The van der Waals surface area contributed by atoms with Gasteiger partial charge in [-0.05, 0) is 53.2 Å². The molecule has 2 aromatic carbocycles. The van der Waals surface area contributed by atoms with E-state index in [4.69, 9.17) is 4.74 Å². The number of hydrogen-bond donors (Lipinski definition) is 2. The van der Waals surface area contributed by atoms with Gasteiger partial charge < -0.3 is 15.0 Å². The first-order valence-corrected chi connectivity index (χ1v) is 9.10. The van der Waals surface area contributed by atoms with Crippen LogP contribution in [0.4, 0.5) is 5.69 Å². The van der Waals surface area contributed by atoms with Gasteiger partial charge >= 0.3 is 0 Å². The second-order valence-corrected chi connectivity index (χ2v) is 6.46. The van der Waals surface area contributed by atoms with Crippen molar-refractivity contribution in [3.63, 3.8) is 0 Å². The number of nitrogens with zero attached hydrogens (tertiary/aromatic N) is 4. The zero-order valence-electron chi connectivity index (χ0n) is 16.3. The Labute approximate surface area is 171 Å². The summed E-state index contributed by atoms with van der Waals surface area (Å²) in [5.74, 6) is 0.568. The third kappa shape index (κ3) is 3.68. The Morgan fingerprint density at radius 1 is 1.10 bits per heavy atom. The van der Waals surface area contributed by atoms with Gasteiger partial charge in [-0.1, -0.05) is 30.3 Å². The zero-order chi connectivity index (χ0) is 21.1. The van der Waals surface area contributed by atoms with Crippen molar-refractivity contribution in [3.8, 4) is 22.7 Å². The fraction of sp³-hybridized carbons (Fsp3) is 0.0952. The molecule has 0 atom stereocenters. The number of benzene rings is 2. The summed E-state index contributed by atoms with van der Waals surface area (Å²) in [6, 6.07) is 17.7. The lowest BCUT2D eigenvalue weighted by Crippen LogP contribution is -2.23. The number of carbonyl (C=O) groups is 1. The molecule has 0 saturated heterocycles. The van der Waals surface area contributed by atoms with Crippen LogP contribution in [0.25, 0.3) is 16.9 Å². The number of aromatic amines is 1. The van der Waals surface area contributed by atoms with Crippen LogP contribution in [-0.2, 0) is 0 Å². The van der Waals surface area contributed by atoms with E-state index in [0.717, 1.165) is 5.56 Å². The van der Waals surface area contributed by atoms with Crippen LogP contribution in [0.5, 0.6) is 5.75 Å². The Bertz CT molecular complexity index is 1260. The highest BCUT2D eigenvalue weighted by molar-refractivity contribution is 6.04. The maximum atomic E-state index is 12.7. The molecule has 2 N–H and O–H groups in total. The van der Waals surface area contributed by atoms with Gasteiger partial charge in [0.25, 0.3) is 11.5 Å². The number of aryl methyl sites for hydroxylation is 1. The lowest BCUT2D eigenvalue weighted by molar-refractivity contribution is 0.102. The number of anilines is 1. The Morgan fingerprint density at radius 3 is 2.57 bits per heavy atom. The predicted molar refractivity (Wildman–Crippen MR) is 111 cm³/mol. The average Bonchev–Trinajstić information content (AvgIpc) is 3.19. The first-order chi connectivity index (χ1) is 14.6. The Morgan fingerprint density at radius 2 is 1.90 bits per heavy atom. The number of carbonyl (C=O) groups excluding carboxylic acids is 1. The molecule has 0 radical (unpaired) electrons. The molecule has 1 amide bonds. The van der Waals surface area contributed by atoms with E-state index in [1.54, 1.807) is 31.2 Å². The molecule has 4 rings (SSSR count). The minimum atomic E-state index is -0.527. The molecule has 0 unspecified atom stereocenters. The summed E-state index contributed by atoms with van der Waals surface area (Å²) in [6.45, 7) is 1.75. The summed E-state index contributed by atoms with van der Waals surface area (Å²) in [7, 11) is 1.53. The number of H-pyrrole nitrogens is 1. The van der Waals surface area contributed by atoms with E-state index in [1.807, 2.05) is 30.3 Å². The highest BCUT2D eigenvalue weighted by Crippen LogP contribution is 2.26. The largest absolute Gasteiger partial charge is 0.494 e. The molecule has 0 saturated carbocycles. The van der Waals surface area contributed by atoms with E-state index in [9.17, 15) is 9.59 Å². The lowest BCUT2D eigenvalue weighted by Gasteiger charge is -2.12. The SMILES string of the molecule is COc1ccc(NC(=O)c2ccc(-c3ccccc3)[nH]c2=O)cc1-n1nnnc1C. The second-order valence-electron chi connectivity index (χ2n) is 6.46. The fourth-order valence-corrected chi connectivity index (χ4v) is 3.02. The van der Waals surface area contributed by atoms with Gasteiger partial charge in [-0.25, -0.2) is 0 Å². The molecule has 0 aliphatic carbocycles. The van der Waals surface area contributed by atoms with E-state index < -0.39 is 11.5 Å². The molecule has 9 heteroatoms. The van der Waals surface area contributed by atoms with Crippen LogP contribution in [0.2, 0.25) is 0 Å². The summed E-state index contributed by atoms with van der Waals surface area (Å²) < 4.78 is 6.85. The molecule has 0 aliphatic heterocycles. The minimum absolute atomic E-state index is 0.00523. The highest BCUT2D eigenvalue weighted by atomic mass is 16.5. The zero-order valence-corrected chi connectivity index (χ0v) is 16.3. The molecular weight excluding hydrogens is 384 g/mol. The van der Waals surface area contributed by atoms with Gasteiger partial charge in [0, 0.05) is 11.4 Å². The van der Waals surface area contributed by atoms with Gasteiger partial charge in [0.05, 0.1) is 7.11 Å². The topological polar surface area (TPSA) is 115 Å². The van der Waals surface area contributed by atoms with Crippen molar-refractivity contribution in [2.45, 2.75) is 6.92 Å². The van der Waals surface area contributed by atoms with Crippen molar-refractivity contribution < 1.29 is 9.53 Å². The fourth-order valence-electron chi connectivity index (χ4n) is 3.02. The quantitative estimate of drug-likeness (QED) is 0.530. The van der Waals surface area contributed by atoms with Crippen LogP contribution >= 0.6 is 0 Å². The van der Waals surface area contributed by atoms with Gasteiger partial charge in [0.1, 0.15) is 17.0 Å². The molecule has 4 aromatic rings. The Hall–Kier alpha value is -4.27. The first kappa shape index (κ1) is 19.1. The van der Waals surface area contributed by atoms with Gasteiger partial charge in [-0.2, -0.15) is 4.68 Å². The minimum Gasteiger partial charge on any atom is -0.494 e. The molecular formula is C21H18N6O3. The van der Waals surface area contributed by atoms with Crippen LogP contribution in [0, 0.1) is 6.92 Å². The maximum Gasteiger partial charge on any atom is 0.261 e. The van der Waals surface area contributed by atoms with Gasteiger partial charge in [-0.3, -0.25) is 9.59 Å². The molecule has 0 fully saturated rings. The van der Waals surface area contributed by atoms with Crippen LogP contribution in [0.15, 0.2) is 65.5 Å². The molecule has 2 aromatic heterocycles. The Kier molecular flexibility index (Phi) is 5.08. The van der Waals surface area contributed by atoms with Crippen LogP contribution < -0.4 is 15.6 Å². The maximum absolute atomic E-state index is 12.7. The number of amides is 1. The van der Waals surface area contributed by atoms with Crippen LogP contribution in [0.1, 0.15) is 16.2 Å². The Balaban J connectivity index is 1.62. The molecule has 30 heavy (non-hydrogen) atoms. The van der Waals surface area contributed by atoms with Crippen LogP contribution in [0.3, 0.4) is 0 Å². The standard InChI is InChI=1S/C21H18N6O3/c1-13-24-25-26-27(13)18-12-15(8-11-19(18)30-2)22-20(28)16-9-10-17(23-21(16)29)14-6-4-3-5-7-14/h3-12H,1-2H3,(H,22,28)(H,23,29). The number of pyridine rings is 1. The number of hydrogen-bond acceptors (Lipinski definition) is 6. The summed E-state index contributed by atoms with van der Waals surface area (Å²) in [5, 5.41) is 14.2. The number of rotatable bonds is 5. The summed E-state index contributed by atoms with van der Waals surface area (Å²) in [5.41, 5.74) is 2.06. The summed E-state index contributed by atoms with van der Waals surface area (Å²) >= 11 is 0. The normalized spacial score (nSPS) is 10.6. The summed E-state index contributed by atoms with van der Waals surface area (Å²) in [4.78, 5) is 27.9. The van der Waals surface area contributed by atoms with E-state index in [-0.39, 0.29) is 5.56 Å². The van der Waals surface area contributed by atoms with Crippen molar-refractivity contribution in [2.24, 2.45) is 0 Å². The molecule has 2 heterocycles. The second kappa shape index (κ2) is 8.00. The van der Waals surface area contributed by atoms with Crippen molar-refractivity contribution in [1.82, 2.24) is 25.2 Å². The van der Waals surface area contributed by atoms with Crippen molar-refractivity contribution in [3.05, 3.63) is 82.4 Å². The number of aromatic nitrogens is 5. The number of nitrogens with one attached hydrogen (secondary N) is 2. The third-order valence-electron chi connectivity index (χ3n) is 4.53. The molecule has 0 aliphatic rings. The number of tetrazole rings is 1. The monoisotopic (exact) mass is 402 g/mol. The van der Waals surface area contributed by atoms with Crippen molar-refractivity contribution >= 4 is 11.6 Å². The van der Waals surface area contributed by atoms with Gasteiger partial charge in [-0.15, -0.1) is 5.10 Å². The van der Waals surface area contributed by atoms with Gasteiger partial charge in [0.2, 0.25) is 0 Å². The van der Waals surface area contributed by atoms with E-state index >= 15 is 0 Å². The van der Waals surface area contributed by atoms with E-state index in [2.05, 4.69) is 25.8 Å². The number of methoxy groups -OCH3 is 1. The lowest BCUT2D eigenvalue weighted by atomic mass is 10.1. The molecule has 9 nitrogen and oxygen atoms in total. The molecule has 150 valence electrons. The molecule has 0 spiro atoms. The van der Waals surface area contributed by atoms with E-state index in [1.165, 1.54) is 17.9 Å². The first-order valence-electron chi connectivity index (χ1n) is 9.10. The third-order valence-corrected chi connectivity index (χ3v) is 4.53. The van der Waals surface area contributed by atoms with Gasteiger partial charge in [0.15, 0.2) is 5.82 Å². The van der Waals surface area contributed by atoms with Crippen molar-refractivity contribution in [2.75, 3.05) is 12.4 Å². The van der Waals surface area contributed by atoms with Crippen molar-refractivity contribution in [1.29, 1.82) is 0 Å². The van der Waals surface area contributed by atoms with E-state index in [0.29, 0.717) is 28.6 Å².